The number of thioether (sulfide) groups is 1. The van der Waals surface area contributed by atoms with Crippen LogP contribution in [0.1, 0.15) is 37.2 Å². The van der Waals surface area contributed by atoms with Gasteiger partial charge in [-0.15, -0.1) is 0 Å². The molecule has 3 unspecified atom stereocenters. The van der Waals surface area contributed by atoms with Crippen LogP contribution in [0.5, 0.6) is 5.75 Å². The van der Waals surface area contributed by atoms with Crippen LogP contribution in [0.15, 0.2) is 47.6 Å². The van der Waals surface area contributed by atoms with Gasteiger partial charge in [-0.2, -0.15) is 0 Å². The van der Waals surface area contributed by atoms with Gasteiger partial charge in [0.05, 0.1) is 18.3 Å². The van der Waals surface area contributed by atoms with Crippen molar-refractivity contribution in [3.05, 3.63) is 58.9 Å². The maximum atomic E-state index is 6.33. The summed E-state index contributed by atoms with van der Waals surface area (Å²) < 4.78 is 5.90. The summed E-state index contributed by atoms with van der Waals surface area (Å²) >= 11 is 8.16. The van der Waals surface area contributed by atoms with Crippen LogP contribution in [0.25, 0.3) is 0 Å². The minimum Gasteiger partial charge on any atom is -0.494 e. The summed E-state index contributed by atoms with van der Waals surface area (Å²) in [4.78, 5) is 11.9. The van der Waals surface area contributed by atoms with Crippen LogP contribution < -0.4 is 4.74 Å². The predicted octanol–water partition coefficient (Wildman–Crippen LogP) is 4.72. The Balaban J connectivity index is 1.81. The SMILES string of the molecule is CCOc1ccc(Cl)cc1C1C(c2ccccn2)N=C2SC(C)CN21. The van der Waals surface area contributed by atoms with E-state index in [9.17, 15) is 0 Å². The van der Waals surface area contributed by atoms with E-state index >= 15 is 0 Å². The van der Waals surface area contributed by atoms with Crippen molar-refractivity contribution in [2.75, 3.05) is 13.2 Å². The molecule has 1 aromatic carbocycles. The van der Waals surface area contributed by atoms with E-state index in [1.165, 1.54) is 0 Å². The number of hydrogen-bond acceptors (Lipinski definition) is 5. The molecule has 0 amide bonds. The number of aromatic nitrogens is 1. The van der Waals surface area contributed by atoms with Crippen molar-refractivity contribution in [2.24, 2.45) is 4.99 Å². The van der Waals surface area contributed by atoms with Crippen LogP contribution in [-0.4, -0.2) is 33.5 Å². The summed E-state index contributed by atoms with van der Waals surface area (Å²) in [6.45, 7) is 5.82. The first-order valence-corrected chi connectivity index (χ1v) is 9.77. The van der Waals surface area contributed by atoms with Gasteiger partial charge < -0.3 is 9.64 Å². The average molecular weight is 374 g/mol. The third-order valence-electron chi connectivity index (χ3n) is 4.47. The molecule has 4 rings (SSSR count). The molecular weight excluding hydrogens is 354 g/mol. The summed E-state index contributed by atoms with van der Waals surface area (Å²) in [5.74, 6) is 0.874. The van der Waals surface area contributed by atoms with Crippen LogP contribution >= 0.6 is 23.4 Å². The molecule has 25 heavy (non-hydrogen) atoms. The second-order valence-corrected chi connectivity index (χ2v) is 8.09. The first-order chi connectivity index (χ1) is 12.2. The molecule has 0 saturated carbocycles. The molecule has 3 heterocycles. The van der Waals surface area contributed by atoms with Gasteiger partial charge in [0.25, 0.3) is 0 Å². The van der Waals surface area contributed by atoms with Crippen molar-refractivity contribution < 1.29 is 4.74 Å². The number of amidine groups is 1. The molecule has 1 fully saturated rings. The Morgan fingerprint density at radius 3 is 2.96 bits per heavy atom. The van der Waals surface area contributed by atoms with Gasteiger partial charge in [-0.3, -0.25) is 9.98 Å². The van der Waals surface area contributed by atoms with Gasteiger partial charge in [-0.05, 0) is 37.3 Å². The molecule has 0 radical (unpaired) electrons. The first-order valence-electron chi connectivity index (χ1n) is 8.51. The smallest absolute Gasteiger partial charge is 0.160 e. The Kier molecular flexibility index (Phi) is 4.61. The molecular formula is C19H20ClN3OS. The normalized spacial score (nSPS) is 25.0. The second kappa shape index (κ2) is 6.89. The number of ether oxygens (including phenoxy) is 1. The largest absolute Gasteiger partial charge is 0.494 e. The van der Waals surface area contributed by atoms with Crippen molar-refractivity contribution in [2.45, 2.75) is 31.2 Å². The van der Waals surface area contributed by atoms with Crippen molar-refractivity contribution in [3.8, 4) is 5.75 Å². The Labute approximate surface area is 157 Å². The lowest BCUT2D eigenvalue weighted by molar-refractivity contribution is 0.292. The molecule has 0 N–H and O–H groups in total. The topological polar surface area (TPSA) is 37.7 Å². The van der Waals surface area contributed by atoms with Crippen molar-refractivity contribution >= 4 is 28.5 Å². The standard InChI is InChI=1S/C19H20ClN3OS/c1-3-24-16-8-7-13(20)10-14(16)18-17(15-6-4-5-9-21-15)22-19-23(18)11-12(2)25-19/h4-10,12,17-18H,3,11H2,1-2H3. The molecule has 3 atom stereocenters. The Bertz CT molecular complexity index is 799. The molecule has 130 valence electrons. The van der Waals surface area contributed by atoms with E-state index in [4.69, 9.17) is 21.3 Å². The summed E-state index contributed by atoms with van der Waals surface area (Å²) in [5.41, 5.74) is 2.06. The highest BCUT2D eigenvalue weighted by atomic mass is 35.5. The lowest BCUT2D eigenvalue weighted by Crippen LogP contribution is -2.29. The Hall–Kier alpha value is -1.72. The Morgan fingerprint density at radius 1 is 1.32 bits per heavy atom. The van der Waals surface area contributed by atoms with E-state index in [0.29, 0.717) is 16.9 Å². The van der Waals surface area contributed by atoms with Crippen molar-refractivity contribution in [1.29, 1.82) is 0 Å². The van der Waals surface area contributed by atoms with E-state index in [1.54, 1.807) is 0 Å². The van der Waals surface area contributed by atoms with E-state index in [2.05, 4.69) is 16.8 Å². The molecule has 0 spiro atoms. The van der Waals surface area contributed by atoms with Crippen LogP contribution in [0.3, 0.4) is 0 Å². The highest BCUT2D eigenvalue weighted by Gasteiger charge is 2.44. The zero-order chi connectivity index (χ0) is 17.4. The monoisotopic (exact) mass is 373 g/mol. The number of halogens is 1. The van der Waals surface area contributed by atoms with Gasteiger partial charge in [-0.25, -0.2) is 0 Å². The molecule has 1 saturated heterocycles. The van der Waals surface area contributed by atoms with Gasteiger partial charge in [0.1, 0.15) is 11.8 Å². The highest BCUT2D eigenvalue weighted by Crippen LogP contribution is 2.49. The molecule has 0 bridgehead atoms. The van der Waals surface area contributed by atoms with Gasteiger partial charge in [0.15, 0.2) is 5.17 Å². The van der Waals surface area contributed by atoms with E-state index in [-0.39, 0.29) is 12.1 Å². The number of nitrogens with zero attached hydrogens (tertiary/aromatic N) is 3. The van der Waals surface area contributed by atoms with Gasteiger partial charge >= 0.3 is 0 Å². The quantitative estimate of drug-likeness (QED) is 0.776. The van der Waals surface area contributed by atoms with E-state index < -0.39 is 0 Å². The summed E-state index contributed by atoms with van der Waals surface area (Å²) in [7, 11) is 0. The highest BCUT2D eigenvalue weighted by molar-refractivity contribution is 8.14. The second-order valence-electron chi connectivity index (χ2n) is 6.25. The fourth-order valence-corrected chi connectivity index (χ4v) is 4.76. The molecule has 0 aliphatic carbocycles. The van der Waals surface area contributed by atoms with Gasteiger partial charge in [-0.1, -0.05) is 36.4 Å². The fraction of sp³-hybridized carbons (Fsp3) is 0.368. The third kappa shape index (κ3) is 3.11. The van der Waals surface area contributed by atoms with E-state index in [1.807, 2.05) is 61.3 Å². The number of aliphatic imine (C=N–C) groups is 1. The number of benzene rings is 1. The third-order valence-corrected chi connectivity index (χ3v) is 5.81. The maximum Gasteiger partial charge on any atom is 0.160 e. The van der Waals surface area contributed by atoms with Crippen molar-refractivity contribution in [1.82, 2.24) is 9.88 Å². The summed E-state index contributed by atoms with van der Waals surface area (Å²) in [5, 5.41) is 2.34. The van der Waals surface area contributed by atoms with Gasteiger partial charge in [0, 0.05) is 28.6 Å². The first kappa shape index (κ1) is 16.7. The number of fused-ring (bicyclic) bond motifs is 1. The molecule has 1 aromatic heterocycles. The molecule has 4 nitrogen and oxygen atoms in total. The molecule has 2 aromatic rings. The predicted molar refractivity (Wildman–Crippen MR) is 104 cm³/mol. The number of rotatable bonds is 4. The molecule has 2 aliphatic heterocycles. The molecule has 6 heteroatoms. The number of pyridine rings is 1. The average Bonchev–Trinajstić information content (AvgIpc) is 3.13. The number of hydrogen-bond donors (Lipinski definition) is 0. The lowest BCUT2D eigenvalue weighted by atomic mass is 9.95. The van der Waals surface area contributed by atoms with Crippen LogP contribution in [0.4, 0.5) is 0 Å². The Morgan fingerprint density at radius 2 is 2.20 bits per heavy atom. The van der Waals surface area contributed by atoms with Crippen LogP contribution in [0, 0.1) is 0 Å². The lowest BCUT2D eigenvalue weighted by Gasteiger charge is -2.29. The van der Waals surface area contributed by atoms with E-state index in [0.717, 1.165) is 28.7 Å². The fourth-order valence-electron chi connectivity index (χ4n) is 3.49. The van der Waals surface area contributed by atoms with Crippen LogP contribution in [-0.2, 0) is 0 Å². The minimum absolute atomic E-state index is 0.0473. The zero-order valence-electron chi connectivity index (χ0n) is 14.2. The zero-order valence-corrected chi connectivity index (χ0v) is 15.8. The minimum atomic E-state index is -0.0473. The maximum absolute atomic E-state index is 6.33. The summed E-state index contributed by atoms with van der Waals surface area (Å²) in [6, 6.07) is 11.9. The molecule has 2 aliphatic rings. The van der Waals surface area contributed by atoms with Crippen LogP contribution in [0.2, 0.25) is 5.02 Å². The van der Waals surface area contributed by atoms with Gasteiger partial charge in [0.2, 0.25) is 0 Å². The van der Waals surface area contributed by atoms with Crippen molar-refractivity contribution in [3.63, 3.8) is 0 Å². The summed E-state index contributed by atoms with van der Waals surface area (Å²) in [6.07, 6.45) is 1.83.